The fourth-order valence-corrected chi connectivity index (χ4v) is 1.26. The molecule has 0 unspecified atom stereocenters. The molecule has 0 saturated heterocycles. The molecule has 0 aliphatic heterocycles. The van der Waals surface area contributed by atoms with Gasteiger partial charge in [0.2, 0.25) is 11.8 Å². The Kier molecular flexibility index (Phi) is 3.99. The van der Waals surface area contributed by atoms with Crippen molar-refractivity contribution in [2.45, 2.75) is 0 Å². The van der Waals surface area contributed by atoms with Crippen LogP contribution in [0.4, 0.5) is 5.13 Å². The molecule has 1 N–H and O–H groups in total. The Bertz CT molecular complexity index is 371. The number of carbonyl (C=O) groups excluding carboxylic acids is 2. The van der Waals surface area contributed by atoms with Gasteiger partial charge in [-0.3, -0.25) is 14.9 Å². The molecule has 0 saturated carbocycles. The molecule has 15 heavy (non-hydrogen) atoms. The Morgan fingerprint density at radius 1 is 1.47 bits per heavy atom. The first-order valence-electron chi connectivity index (χ1n) is 4.19. The topological polar surface area (TPSA) is 62.3 Å². The molecule has 2 amide bonds. The molecular weight excluding hydrogens is 214 g/mol. The molecule has 1 aromatic rings. The van der Waals surface area contributed by atoms with E-state index < -0.39 is 0 Å². The maximum Gasteiger partial charge on any atom is 0.250 e. The van der Waals surface area contributed by atoms with Gasteiger partial charge in [0.1, 0.15) is 0 Å². The van der Waals surface area contributed by atoms with Crippen molar-refractivity contribution in [3.63, 3.8) is 0 Å². The number of carbonyl (C=O) groups is 2. The van der Waals surface area contributed by atoms with Crippen LogP contribution in [0.3, 0.4) is 0 Å². The average molecular weight is 225 g/mol. The summed E-state index contributed by atoms with van der Waals surface area (Å²) in [5, 5.41) is 4.80. The first kappa shape index (κ1) is 11.4. The third-order valence-corrected chi connectivity index (χ3v) is 2.17. The maximum absolute atomic E-state index is 11.2. The zero-order valence-electron chi connectivity index (χ0n) is 8.43. The van der Waals surface area contributed by atoms with Gasteiger partial charge in [-0.1, -0.05) is 0 Å². The van der Waals surface area contributed by atoms with Crippen LogP contribution in [0.25, 0.3) is 0 Å². The number of rotatable bonds is 3. The summed E-state index contributed by atoms with van der Waals surface area (Å²) in [5.74, 6) is -0.593. The molecule has 0 aliphatic carbocycles. The molecule has 6 heteroatoms. The Labute approximate surface area is 91.4 Å². The molecule has 0 bridgehead atoms. The predicted octanol–water partition coefficient (Wildman–Crippen LogP) is 0.726. The van der Waals surface area contributed by atoms with Crippen LogP contribution in [0.5, 0.6) is 0 Å². The number of anilines is 1. The summed E-state index contributed by atoms with van der Waals surface area (Å²) in [4.78, 5) is 27.6. The molecule has 0 atom stereocenters. The number of nitrogens with one attached hydrogen (secondary N) is 1. The van der Waals surface area contributed by atoms with Crippen molar-refractivity contribution >= 4 is 28.3 Å². The monoisotopic (exact) mass is 225 g/mol. The summed E-state index contributed by atoms with van der Waals surface area (Å²) >= 11 is 1.32. The van der Waals surface area contributed by atoms with Crippen LogP contribution >= 0.6 is 11.3 Å². The molecule has 80 valence electrons. The largest absolute Gasteiger partial charge is 0.345 e. The van der Waals surface area contributed by atoms with Gasteiger partial charge in [-0.25, -0.2) is 4.98 Å². The van der Waals surface area contributed by atoms with Crippen LogP contribution in [0, 0.1) is 0 Å². The van der Waals surface area contributed by atoms with E-state index in [1.165, 1.54) is 28.4 Å². The number of likely N-dealkylation sites (N-methyl/N-ethyl adjacent to an activating group) is 1. The van der Waals surface area contributed by atoms with Crippen LogP contribution in [0.2, 0.25) is 0 Å². The van der Waals surface area contributed by atoms with Gasteiger partial charge >= 0.3 is 0 Å². The lowest BCUT2D eigenvalue weighted by Crippen LogP contribution is -2.19. The Balaban J connectivity index is 2.46. The van der Waals surface area contributed by atoms with E-state index in [2.05, 4.69) is 10.3 Å². The van der Waals surface area contributed by atoms with E-state index in [-0.39, 0.29) is 11.8 Å². The molecule has 0 spiro atoms. The van der Waals surface area contributed by atoms with Crippen molar-refractivity contribution in [2.75, 3.05) is 19.4 Å². The number of amides is 2. The molecule has 1 heterocycles. The van der Waals surface area contributed by atoms with Crippen LogP contribution in [0.1, 0.15) is 0 Å². The van der Waals surface area contributed by atoms with Crippen LogP contribution in [0.15, 0.2) is 23.7 Å². The van der Waals surface area contributed by atoms with Crippen LogP contribution < -0.4 is 5.32 Å². The van der Waals surface area contributed by atoms with Gasteiger partial charge in [-0.15, -0.1) is 11.3 Å². The second kappa shape index (κ2) is 5.26. The average Bonchev–Trinajstić information content (AvgIpc) is 2.66. The first-order chi connectivity index (χ1) is 7.09. The summed E-state index contributed by atoms with van der Waals surface area (Å²) in [6.07, 6.45) is 3.99. The molecule has 0 aliphatic rings. The first-order valence-corrected chi connectivity index (χ1v) is 5.07. The fourth-order valence-electron chi connectivity index (χ4n) is 0.728. The molecule has 0 radical (unpaired) electrons. The molecular formula is C9H11N3O2S. The van der Waals surface area contributed by atoms with Gasteiger partial charge in [0.25, 0.3) is 0 Å². The normalized spacial score (nSPS) is 10.3. The molecule has 1 aromatic heterocycles. The highest BCUT2D eigenvalue weighted by atomic mass is 32.1. The lowest BCUT2D eigenvalue weighted by molar-refractivity contribution is -0.124. The van der Waals surface area contributed by atoms with Gasteiger partial charge in [-0.05, 0) is 0 Å². The number of hydrogen-bond acceptors (Lipinski definition) is 4. The highest BCUT2D eigenvalue weighted by molar-refractivity contribution is 7.13. The van der Waals surface area contributed by atoms with E-state index in [4.69, 9.17) is 0 Å². The number of nitrogens with zero attached hydrogens (tertiary/aromatic N) is 2. The fraction of sp³-hybridized carbons (Fsp3) is 0.222. The third kappa shape index (κ3) is 3.90. The summed E-state index contributed by atoms with van der Waals surface area (Å²) in [6.45, 7) is 0. The third-order valence-electron chi connectivity index (χ3n) is 1.48. The van der Waals surface area contributed by atoms with Crippen molar-refractivity contribution in [2.24, 2.45) is 0 Å². The standard InChI is InChI=1S/C9H11N3O2S/c1-12(2)8(14)4-3-7(13)11-9-10-5-6-15-9/h3-6H,1-2H3,(H,10,11,13)/b4-3+. The summed E-state index contributed by atoms with van der Waals surface area (Å²) in [7, 11) is 3.23. The predicted molar refractivity (Wildman–Crippen MR) is 58.6 cm³/mol. The van der Waals surface area contributed by atoms with Gasteiger partial charge in [0.15, 0.2) is 5.13 Å². The molecule has 0 aromatic carbocycles. The van der Waals surface area contributed by atoms with Crippen molar-refractivity contribution < 1.29 is 9.59 Å². The zero-order valence-corrected chi connectivity index (χ0v) is 9.25. The Morgan fingerprint density at radius 3 is 2.73 bits per heavy atom. The van der Waals surface area contributed by atoms with Crippen LogP contribution in [-0.2, 0) is 9.59 Å². The highest BCUT2D eigenvalue weighted by Gasteiger charge is 2.01. The SMILES string of the molecule is CN(C)C(=O)/C=C/C(=O)Nc1nccs1. The minimum Gasteiger partial charge on any atom is -0.345 e. The van der Waals surface area contributed by atoms with Crippen molar-refractivity contribution in [1.29, 1.82) is 0 Å². The van der Waals surface area contributed by atoms with Gasteiger partial charge in [-0.2, -0.15) is 0 Å². The van der Waals surface area contributed by atoms with E-state index in [0.717, 1.165) is 0 Å². The van der Waals surface area contributed by atoms with E-state index in [0.29, 0.717) is 5.13 Å². The summed E-state index contributed by atoms with van der Waals surface area (Å²) < 4.78 is 0. The Morgan fingerprint density at radius 2 is 2.20 bits per heavy atom. The quantitative estimate of drug-likeness (QED) is 0.771. The van der Waals surface area contributed by atoms with Gasteiger partial charge in [0.05, 0.1) is 0 Å². The highest BCUT2D eigenvalue weighted by Crippen LogP contribution is 2.09. The van der Waals surface area contributed by atoms with E-state index in [1.54, 1.807) is 25.7 Å². The number of thiazole rings is 1. The zero-order chi connectivity index (χ0) is 11.3. The van der Waals surface area contributed by atoms with Crippen LogP contribution in [-0.4, -0.2) is 35.8 Å². The van der Waals surface area contributed by atoms with Crippen molar-refractivity contribution in [3.8, 4) is 0 Å². The lowest BCUT2D eigenvalue weighted by atomic mass is 10.4. The van der Waals surface area contributed by atoms with E-state index in [9.17, 15) is 9.59 Å². The van der Waals surface area contributed by atoms with Crippen molar-refractivity contribution in [3.05, 3.63) is 23.7 Å². The van der Waals surface area contributed by atoms with Crippen molar-refractivity contribution in [1.82, 2.24) is 9.88 Å². The Hall–Kier alpha value is -1.69. The molecule has 0 fully saturated rings. The molecule has 5 nitrogen and oxygen atoms in total. The van der Waals surface area contributed by atoms with Gasteiger partial charge < -0.3 is 4.90 Å². The van der Waals surface area contributed by atoms with E-state index >= 15 is 0 Å². The van der Waals surface area contributed by atoms with E-state index in [1.807, 2.05) is 0 Å². The smallest absolute Gasteiger partial charge is 0.250 e. The van der Waals surface area contributed by atoms with Gasteiger partial charge in [0, 0.05) is 37.8 Å². The lowest BCUT2D eigenvalue weighted by Gasteiger charge is -2.04. The molecule has 1 rings (SSSR count). The minimum absolute atomic E-state index is 0.232. The summed E-state index contributed by atoms with van der Waals surface area (Å²) in [5.41, 5.74) is 0. The second-order valence-corrected chi connectivity index (χ2v) is 3.79. The number of hydrogen-bond donors (Lipinski definition) is 1. The summed E-state index contributed by atoms with van der Waals surface area (Å²) in [6, 6.07) is 0. The second-order valence-electron chi connectivity index (χ2n) is 2.89. The minimum atomic E-state index is -0.361. The maximum atomic E-state index is 11.2. The number of aromatic nitrogens is 1.